The van der Waals surface area contributed by atoms with Crippen LogP contribution in [0.15, 0.2) is 36.9 Å². The molecule has 0 aliphatic heterocycles. The minimum atomic E-state index is -3.61. The first kappa shape index (κ1) is 20.0. The molecule has 1 aromatic carbocycles. The van der Waals surface area contributed by atoms with Crippen molar-refractivity contribution in [3.05, 3.63) is 48.0 Å². The molecule has 0 spiro atoms. The third-order valence-electron chi connectivity index (χ3n) is 4.14. The van der Waals surface area contributed by atoms with Gasteiger partial charge >= 0.3 is 0 Å². The topological polar surface area (TPSA) is 84.3 Å². The summed E-state index contributed by atoms with van der Waals surface area (Å²) < 4.78 is 27.8. The van der Waals surface area contributed by atoms with Crippen molar-refractivity contribution in [1.29, 1.82) is 0 Å². The Bertz CT molecular complexity index is 847. The maximum absolute atomic E-state index is 12.5. The Morgan fingerprint density at radius 2 is 2.08 bits per heavy atom. The van der Waals surface area contributed by atoms with E-state index >= 15 is 0 Å². The molecule has 8 heteroatoms. The lowest BCUT2D eigenvalue weighted by Gasteiger charge is -2.29. The van der Waals surface area contributed by atoms with Crippen LogP contribution in [0.2, 0.25) is 0 Å². The summed E-state index contributed by atoms with van der Waals surface area (Å²) in [6, 6.07) is 4.73. The van der Waals surface area contributed by atoms with Crippen molar-refractivity contribution in [3.8, 4) is 0 Å². The number of hydrogen-bond donors (Lipinski definition) is 1. The third-order valence-corrected chi connectivity index (χ3v) is 5.37. The molecule has 0 aliphatic carbocycles. The molecule has 0 saturated heterocycles. The fraction of sp³-hybridized carbons (Fsp3) is 0.444. The number of carbonyl (C=O) groups excluding carboxylic acids is 1. The molecule has 2 aromatic rings. The van der Waals surface area contributed by atoms with E-state index in [1.54, 1.807) is 25.5 Å². The molecule has 0 unspecified atom stereocenters. The Kier molecular flexibility index (Phi) is 6.42. The highest BCUT2D eigenvalue weighted by atomic mass is 32.2. The lowest BCUT2D eigenvalue weighted by atomic mass is 10.1. The number of benzene rings is 1. The second-order valence-electron chi connectivity index (χ2n) is 6.47. The molecule has 1 N–H and O–H groups in total. The molecule has 0 saturated carbocycles. The first-order valence-corrected chi connectivity index (χ1v) is 10.3. The molecular weight excluding hydrogens is 352 g/mol. The Labute approximate surface area is 155 Å². The van der Waals surface area contributed by atoms with E-state index in [0.29, 0.717) is 12.2 Å². The number of aryl methyl sites for hydroxylation is 3. The normalized spacial score (nSPS) is 12.6. The van der Waals surface area contributed by atoms with Gasteiger partial charge in [0.05, 0.1) is 18.3 Å². The van der Waals surface area contributed by atoms with E-state index < -0.39 is 16.1 Å². The van der Waals surface area contributed by atoms with Gasteiger partial charge in [0.1, 0.15) is 6.04 Å². The van der Waals surface area contributed by atoms with E-state index in [-0.39, 0.29) is 5.91 Å². The molecule has 1 amide bonds. The van der Waals surface area contributed by atoms with Gasteiger partial charge < -0.3 is 9.88 Å². The Balaban J connectivity index is 2.07. The van der Waals surface area contributed by atoms with Crippen LogP contribution in [-0.4, -0.2) is 42.7 Å². The fourth-order valence-electron chi connectivity index (χ4n) is 2.78. The highest BCUT2D eigenvalue weighted by Gasteiger charge is 2.29. The van der Waals surface area contributed by atoms with Gasteiger partial charge in [0.25, 0.3) is 0 Å². The van der Waals surface area contributed by atoms with Crippen molar-refractivity contribution in [1.82, 2.24) is 14.9 Å². The molecule has 26 heavy (non-hydrogen) atoms. The van der Waals surface area contributed by atoms with Crippen molar-refractivity contribution in [3.63, 3.8) is 0 Å². The van der Waals surface area contributed by atoms with Gasteiger partial charge in [-0.2, -0.15) is 0 Å². The summed E-state index contributed by atoms with van der Waals surface area (Å²) in [5.41, 5.74) is 2.28. The quantitative estimate of drug-likeness (QED) is 0.711. The molecule has 0 bridgehead atoms. The third kappa shape index (κ3) is 5.08. The van der Waals surface area contributed by atoms with Gasteiger partial charge in [-0.15, -0.1) is 0 Å². The van der Waals surface area contributed by atoms with Crippen LogP contribution in [0.25, 0.3) is 0 Å². The predicted molar refractivity (Wildman–Crippen MR) is 103 cm³/mol. The van der Waals surface area contributed by atoms with Crippen molar-refractivity contribution in [2.24, 2.45) is 0 Å². The zero-order valence-electron chi connectivity index (χ0n) is 15.6. The molecule has 0 radical (unpaired) electrons. The van der Waals surface area contributed by atoms with Crippen LogP contribution in [0, 0.1) is 13.8 Å². The summed E-state index contributed by atoms with van der Waals surface area (Å²) in [5.74, 6) is -0.318. The van der Waals surface area contributed by atoms with Crippen LogP contribution in [0.1, 0.15) is 24.5 Å². The number of anilines is 1. The summed E-state index contributed by atoms with van der Waals surface area (Å²) >= 11 is 0. The van der Waals surface area contributed by atoms with E-state index in [2.05, 4.69) is 10.3 Å². The fourth-order valence-corrected chi connectivity index (χ4v) is 4.00. The summed E-state index contributed by atoms with van der Waals surface area (Å²) in [5, 5.41) is 2.82. The lowest BCUT2D eigenvalue weighted by Crippen LogP contribution is -2.48. The molecule has 1 heterocycles. The van der Waals surface area contributed by atoms with Gasteiger partial charge in [0, 0.05) is 25.5 Å². The van der Waals surface area contributed by atoms with Crippen LogP contribution >= 0.6 is 0 Å². The summed E-state index contributed by atoms with van der Waals surface area (Å²) in [6.45, 7) is 6.54. The highest BCUT2D eigenvalue weighted by Crippen LogP contribution is 2.26. The summed E-state index contributed by atoms with van der Waals surface area (Å²) in [4.78, 5) is 16.5. The summed E-state index contributed by atoms with van der Waals surface area (Å²) in [6.07, 6.45) is 7.14. The number of nitrogens with zero attached hydrogens (tertiary/aromatic N) is 3. The molecule has 7 nitrogen and oxygen atoms in total. The van der Waals surface area contributed by atoms with Crippen LogP contribution < -0.4 is 9.62 Å². The molecular formula is C18H26N4O3S. The molecule has 0 fully saturated rings. The first-order valence-electron chi connectivity index (χ1n) is 8.50. The molecule has 0 aliphatic rings. The number of imidazole rings is 1. The summed E-state index contributed by atoms with van der Waals surface area (Å²) in [7, 11) is -3.61. The number of amides is 1. The largest absolute Gasteiger partial charge is 0.354 e. The van der Waals surface area contributed by atoms with Crippen molar-refractivity contribution >= 4 is 21.6 Å². The standard InChI is InChI=1S/C18H26N4O3S/c1-14-6-7-15(2)17(12-14)22(26(4,24)25)16(3)18(23)20-8-5-10-21-11-9-19-13-21/h6-7,9,11-13,16H,5,8,10H2,1-4H3,(H,20,23)/t16-/m1/s1. The maximum Gasteiger partial charge on any atom is 0.243 e. The Morgan fingerprint density at radius 3 is 2.69 bits per heavy atom. The van der Waals surface area contributed by atoms with E-state index in [1.807, 2.05) is 36.7 Å². The van der Waals surface area contributed by atoms with E-state index in [1.165, 1.54) is 4.31 Å². The van der Waals surface area contributed by atoms with E-state index in [4.69, 9.17) is 0 Å². The van der Waals surface area contributed by atoms with Crippen LogP contribution in [0.5, 0.6) is 0 Å². The van der Waals surface area contributed by atoms with Crippen molar-refractivity contribution in [2.45, 2.75) is 39.8 Å². The Morgan fingerprint density at radius 1 is 1.35 bits per heavy atom. The number of sulfonamides is 1. The highest BCUT2D eigenvalue weighted by molar-refractivity contribution is 7.92. The van der Waals surface area contributed by atoms with Gasteiger partial charge in [-0.05, 0) is 44.4 Å². The second kappa shape index (κ2) is 8.35. The average Bonchev–Trinajstić information content (AvgIpc) is 3.07. The molecule has 1 aromatic heterocycles. The number of rotatable bonds is 8. The lowest BCUT2D eigenvalue weighted by molar-refractivity contribution is -0.121. The number of nitrogens with one attached hydrogen (secondary N) is 1. The number of aromatic nitrogens is 2. The van der Waals surface area contributed by atoms with Gasteiger partial charge in [0.2, 0.25) is 15.9 Å². The van der Waals surface area contributed by atoms with Gasteiger partial charge in [-0.3, -0.25) is 9.10 Å². The zero-order valence-corrected chi connectivity index (χ0v) is 16.5. The smallest absolute Gasteiger partial charge is 0.243 e. The van der Waals surface area contributed by atoms with E-state index in [0.717, 1.165) is 30.3 Å². The van der Waals surface area contributed by atoms with Gasteiger partial charge in [0.15, 0.2) is 0 Å². The monoisotopic (exact) mass is 378 g/mol. The van der Waals surface area contributed by atoms with E-state index in [9.17, 15) is 13.2 Å². The SMILES string of the molecule is Cc1ccc(C)c(N([C@H](C)C(=O)NCCCn2ccnc2)S(C)(=O)=O)c1. The van der Waals surface area contributed by atoms with Gasteiger partial charge in [-0.25, -0.2) is 13.4 Å². The number of carbonyl (C=O) groups is 1. The molecule has 2 rings (SSSR count). The average molecular weight is 378 g/mol. The zero-order chi connectivity index (χ0) is 19.3. The van der Waals surface area contributed by atoms with Crippen LogP contribution in [0.4, 0.5) is 5.69 Å². The Hall–Kier alpha value is -2.35. The number of hydrogen-bond acceptors (Lipinski definition) is 4. The minimum absolute atomic E-state index is 0.318. The molecule has 142 valence electrons. The maximum atomic E-state index is 12.5. The van der Waals surface area contributed by atoms with Crippen LogP contribution in [-0.2, 0) is 21.4 Å². The second-order valence-corrected chi connectivity index (χ2v) is 8.33. The van der Waals surface area contributed by atoms with Gasteiger partial charge in [-0.1, -0.05) is 12.1 Å². The van der Waals surface area contributed by atoms with Crippen LogP contribution in [0.3, 0.4) is 0 Å². The minimum Gasteiger partial charge on any atom is -0.354 e. The van der Waals surface area contributed by atoms with Crippen molar-refractivity contribution < 1.29 is 13.2 Å². The molecule has 1 atom stereocenters. The first-order chi connectivity index (χ1) is 12.2. The van der Waals surface area contributed by atoms with Crippen molar-refractivity contribution in [2.75, 3.05) is 17.1 Å². The predicted octanol–water partition coefficient (Wildman–Crippen LogP) is 1.86.